The number of nitrogens with one attached hydrogen (secondary N) is 1. The predicted octanol–water partition coefficient (Wildman–Crippen LogP) is 1.41. The van der Waals surface area contributed by atoms with Gasteiger partial charge in [0.25, 0.3) is 0 Å². The van der Waals surface area contributed by atoms with Crippen LogP contribution in [0.15, 0.2) is 9.98 Å². The maximum atomic E-state index is 11.1. The molecule has 1 heterocycles. The van der Waals surface area contributed by atoms with Crippen molar-refractivity contribution in [2.45, 2.75) is 6.92 Å². The van der Waals surface area contributed by atoms with Crippen molar-refractivity contribution in [3.05, 3.63) is 9.98 Å². The Bertz CT molecular complexity index is 352. The highest BCUT2D eigenvalue weighted by Crippen LogP contribution is 2.22. The number of ether oxygens (including phenoxy) is 1. The number of halogens is 1. The van der Waals surface area contributed by atoms with Crippen molar-refractivity contribution in [3.8, 4) is 0 Å². The van der Waals surface area contributed by atoms with E-state index in [0.717, 1.165) is 3.79 Å². The van der Waals surface area contributed by atoms with E-state index in [-0.39, 0.29) is 6.61 Å². The Morgan fingerprint density at radius 2 is 2.43 bits per heavy atom. The van der Waals surface area contributed by atoms with E-state index >= 15 is 0 Å². The molecule has 0 radical (unpaired) electrons. The van der Waals surface area contributed by atoms with Gasteiger partial charge >= 0.3 is 11.9 Å². The molecule has 0 aliphatic heterocycles. The highest BCUT2D eigenvalue weighted by Gasteiger charge is 2.15. The Labute approximate surface area is 92.6 Å². The lowest BCUT2D eigenvalue weighted by atomic mass is 10.6. The lowest BCUT2D eigenvalue weighted by molar-refractivity contribution is -0.152. The van der Waals surface area contributed by atoms with E-state index in [4.69, 9.17) is 0 Å². The summed E-state index contributed by atoms with van der Waals surface area (Å²) in [4.78, 5) is 25.8. The van der Waals surface area contributed by atoms with Crippen molar-refractivity contribution in [2.24, 2.45) is 0 Å². The van der Waals surface area contributed by atoms with Crippen LogP contribution >= 0.6 is 27.3 Å². The highest BCUT2D eigenvalue weighted by molar-refractivity contribution is 9.11. The molecule has 0 saturated heterocycles. The Kier molecular flexibility index (Phi) is 4.02. The van der Waals surface area contributed by atoms with Crippen molar-refractivity contribution < 1.29 is 14.3 Å². The topological polar surface area (TPSA) is 68.3 Å². The second-order valence-electron chi connectivity index (χ2n) is 2.14. The first-order valence-corrected chi connectivity index (χ1v) is 5.34. The molecule has 0 unspecified atom stereocenters. The zero-order valence-electron chi connectivity index (χ0n) is 7.24. The number of carbonyl (C=O) groups is 2. The summed E-state index contributed by atoms with van der Waals surface area (Å²) in [5.41, 5.74) is 0. The number of rotatable bonds is 2. The van der Waals surface area contributed by atoms with E-state index in [1.54, 1.807) is 6.92 Å². The molecule has 14 heavy (non-hydrogen) atoms. The fraction of sp³-hybridized carbons (Fsp3) is 0.286. The molecule has 0 saturated carbocycles. The van der Waals surface area contributed by atoms with Gasteiger partial charge in [0, 0.05) is 0 Å². The van der Waals surface area contributed by atoms with Gasteiger partial charge < -0.3 is 4.74 Å². The molecule has 0 spiro atoms. The number of amides is 1. The minimum Gasteiger partial charge on any atom is -0.459 e. The number of hydrogen-bond donors (Lipinski definition) is 1. The monoisotopic (exact) mass is 278 g/mol. The lowest BCUT2D eigenvalue weighted by Gasteiger charge is -1.99. The summed E-state index contributed by atoms with van der Waals surface area (Å²) in [7, 11) is 0. The van der Waals surface area contributed by atoms with Crippen LogP contribution < -0.4 is 5.32 Å². The molecule has 7 heteroatoms. The first-order valence-electron chi connectivity index (χ1n) is 3.73. The maximum absolute atomic E-state index is 11.1. The van der Waals surface area contributed by atoms with Crippen LogP contribution in [0.4, 0.5) is 5.13 Å². The lowest BCUT2D eigenvalue weighted by Crippen LogP contribution is -2.24. The number of anilines is 1. The van der Waals surface area contributed by atoms with Crippen molar-refractivity contribution in [1.29, 1.82) is 0 Å². The standard InChI is InChI=1S/C7H7BrN2O3S/c1-2-13-6(12)5(11)10-7-9-3-4(8)14-7/h3H,2H2,1H3,(H,9,10,11). The van der Waals surface area contributed by atoms with E-state index in [0.29, 0.717) is 5.13 Å². The summed E-state index contributed by atoms with van der Waals surface area (Å²) >= 11 is 4.40. The quantitative estimate of drug-likeness (QED) is 0.656. The SMILES string of the molecule is CCOC(=O)C(=O)Nc1ncc(Br)s1. The fourth-order valence-electron chi connectivity index (χ4n) is 0.657. The third kappa shape index (κ3) is 3.08. The molecule has 0 aliphatic rings. The number of esters is 1. The summed E-state index contributed by atoms with van der Waals surface area (Å²) in [6.45, 7) is 1.80. The molecule has 0 atom stereocenters. The minimum atomic E-state index is -0.904. The molecule has 0 aromatic carbocycles. The molecule has 1 rings (SSSR count). The first-order chi connectivity index (χ1) is 6.63. The number of nitrogens with zero attached hydrogens (tertiary/aromatic N) is 1. The molecule has 1 N–H and O–H groups in total. The van der Waals surface area contributed by atoms with Crippen LogP contribution in [0.5, 0.6) is 0 Å². The molecule has 0 bridgehead atoms. The van der Waals surface area contributed by atoms with Gasteiger partial charge in [0.1, 0.15) is 0 Å². The third-order valence-corrected chi connectivity index (χ3v) is 2.55. The molecule has 76 valence electrons. The molecule has 5 nitrogen and oxygen atoms in total. The molecule has 1 aromatic heterocycles. The summed E-state index contributed by atoms with van der Waals surface area (Å²) in [5.74, 6) is -1.72. The van der Waals surface area contributed by atoms with Gasteiger partial charge in [0.05, 0.1) is 16.6 Å². The molecular weight excluding hydrogens is 272 g/mol. The highest BCUT2D eigenvalue weighted by atomic mass is 79.9. The van der Waals surface area contributed by atoms with Gasteiger partial charge in [-0.15, -0.1) is 0 Å². The normalized spacial score (nSPS) is 9.57. The van der Waals surface area contributed by atoms with Gasteiger partial charge in [-0.05, 0) is 22.9 Å². The molecule has 1 aromatic rings. The zero-order valence-corrected chi connectivity index (χ0v) is 9.65. The Morgan fingerprint density at radius 1 is 1.71 bits per heavy atom. The Balaban J connectivity index is 2.53. The minimum absolute atomic E-state index is 0.174. The van der Waals surface area contributed by atoms with Crippen molar-refractivity contribution in [1.82, 2.24) is 4.98 Å². The summed E-state index contributed by atoms with van der Waals surface area (Å²) in [5, 5.41) is 2.67. The molecule has 1 amide bonds. The van der Waals surface area contributed by atoms with E-state index in [1.165, 1.54) is 17.5 Å². The molecule has 0 aliphatic carbocycles. The largest absolute Gasteiger partial charge is 0.459 e. The number of aromatic nitrogens is 1. The first kappa shape index (κ1) is 11.1. The summed E-state index contributed by atoms with van der Waals surface area (Å²) < 4.78 is 5.27. The fourth-order valence-corrected chi connectivity index (χ4v) is 1.76. The van der Waals surface area contributed by atoms with Crippen LogP contribution in [0, 0.1) is 0 Å². The second kappa shape index (κ2) is 5.06. The maximum Gasteiger partial charge on any atom is 0.397 e. The second-order valence-corrected chi connectivity index (χ2v) is 4.55. The van der Waals surface area contributed by atoms with Gasteiger partial charge in [-0.1, -0.05) is 11.3 Å². The summed E-state index contributed by atoms with van der Waals surface area (Å²) in [6.07, 6.45) is 1.53. The number of hydrogen-bond acceptors (Lipinski definition) is 5. The Hall–Kier alpha value is -0.950. The van der Waals surface area contributed by atoms with Gasteiger partial charge in [-0.25, -0.2) is 9.78 Å². The van der Waals surface area contributed by atoms with Crippen LogP contribution in [-0.2, 0) is 14.3 Å². The van der Waals surface area contributed by atoms with E-state index in [1.807, 2.05) is 0 Å². The van der Waals surface area contributed by atoms with Crippen molar-refractivity contribution in [3.63, 3.8) is 0 Å². The Morgan fingerprint density at radius 3 is 2.93 bits per heavy atom. The van der Waals surface area contributed by atoms with E-state index in [2.05, 4.69) is 31.0 Å². The van der Waals surface area contributed by atoms with Crippen LogP contribution in [0.3, 0.4) is 0 Å². The van der Waals surface area contributed by atoms with Crippen LogP contribution in [-0.4, -0.2) is 23.5 Å². The van der Waals surface area contributed by atoms with Crippen molar-refractivity contribution in [2.75, 3.05) is 11.9 Å². The van der Waals surface area contributed by atoms with Gasteiger partial charge in [0.2, 0.25) is 0 Å². The van der Waals surface area contributed by atoms with Crippen molar-refractivity contribution >= 4 is 44.3 Å². The number of thiazole rings is 1. The predicted molar refractivity (Wildman–Crippen MR) is 55.1 cm³/mol. The zero-order chi connectivity index (χ0) is 10.6. The summed E-state index contributed by atoms with van der Waals surface area (Å²) in [6, 6.07) is 0. The third-order valence-electron chi connectivity index (χ3n) is 1.16. The van der Waals surface area contributed by atoms with Crippen LogP contribution in [0.1, 0.15) is 6.92 Å². The average Bonchev–Trinajstić information content (AvgIpc) is 2.51. The molecule has 0 fully saturated rings. The van der Waals surface area contributed by atoms with E-state index < -0.39 is 11.9 Å². The van der Waals surface area contributed by atoms with Crippen LogP contribution in [0.2, 0.25) is 0 Å². The van der Waals surface area contributed by atoms with Gasteiger partial charge in [-0.3, -0.25) is 10.1 Å². The van der Waals surface area contributed by atoms with E-state index in [9.17, 15) is 9.59 Å². The molecular formula is C7H7BrN2O3S. The average molecular weight is 279 g/mol. The smallest absolute Gasteiger partial charge is 0.397 e. The van der Waals surface area contributed by atoms with Crippen LogP contribution in [0.25, 0.3) is 0 Å². The number of carbonyl (C=O) groups excluding carboxylic acids is 2. The van der Waals surface area contributed by atoms with Gasteiger partial charge in [-0.2, -0.15) is 0 Å². The van der Waals surface area contributed by atoms with Gasteiger partial charge in [0.15, 0.2) is 5.13 Å².